The normalized spacial score (nSPS) is 15.3. The summed E-state index contributed by atoms with van der Waals surface area (Å²) in [5.41, 5.74) is 0.955. The van der Waals surface area contributed by atoms with Gasteiger partial charge in [-0.05, 0) is 67.7 Å². The summed E-state index contributed by atoms with van der Waals surface area (Å²) in [6.45, 7) is 3.62. The Morgan fingerprint density at radius 2 is 1.79 bits per heavy atom. The number of rotatable bonds is 6. The molecule has 5 nitrogen and oxygen atoms in total. The zero-order chi connectivity index (χ0) is 21.0. The lowest BCUT2D eigenvalue weighted by Gasteiger charge is -2.30. The van der Waals surface area contributed by atoms with Crippen LogP contribution in [0.25, 0.3) is 0 Å². The summed E-state index contributed by atoms with van der Waals surface area (Å²) in [6, 6.07) is 12.0. The van der Waals surface area contributed by atoms with Gasteiger partial charge in [-0.3, -0.25) is 9.52 Å². The molecule has 1 aliphatic rings. The van der Waals surface area contributed by atoms with E-state index in [1.54, 1.807) is 36.0 Å². The fraction of sp³-hybridized carbons (Fsp3) is 0.381. The number of carbonyl (C=O) groups excluding carboxylic acids is 1. The number of amides is 1. The van der Waals surface area contributed by atoms with Gasteiger partial charge in [0.1, 0.15) is 0 Å². The van der Waals surface area contributed by atoms with Crippen LogP contribution in [0, 0.1) is 5.92 Å². The molecule has 8 heteroatoms. The first kappa shape index (κ1) is 22.1. The second kappa shape index (κ2) is 9.45. The van der Waals surface area contributed by atoms with E-state index >= 15 is 0 Å². The number of anilines is 1. The number of nitrogens with zero attached hydrogens (tertiary/aromatic N) is 1. The van der Waals surface area contributed by atoms with E-state index in [0.717, 1.165) is 22.6 Å². The smallest absolute Gasteiger partial charge is 0.261 e. The molecule has 156 valence electrons. The lowest BCUT2D eigenvalue weighted by atomic mass is 9.98. The van der Waals surface area contributed by atoms with Gasteiger partial charge in [-0.1, -0.05) is 13.0 Å². The molecule has 1 fully saturated rings. The molecule has 0 unspecified atom stereocenters. The number of benzene rings is 2. The van der Waals surface area contributed by atoms with Crippen molar-refractivity contribution in [3.05, 3.63) is 48.0 Å². The van der Waals surface area contributed by atoms with Crippen LogP contribution >= 0.6 is 23.5 Å². The van der Waals surface area contributed by atoms with Crippen molar-refractivity contribution < 1.29 is 13.2 Å². The molecular weight excluding hydrogens is 424 g/mol. The van der Waals surface area contributed by atoms with Gasteiger partial charge in [-0.25, -0.2) is 8.42 Å². The first-order valence-corrected chi connectivity index (χ1v) is 13.4. The Morgan fingerprint density at radius 3 is 2.45 bits per heavy atom. The highest BCUT2D eigenvalue weighted by molar-refractivity contribution is 7.99. The van der Waals surface area contributed by atoms with Crippen molar-refractivity contribution in [2.45, 2.75) is 34.5 Å². The number of thioether (sulfide) groups is 2. The minimum atomic E-state index is -3.80. The van der Waals surface area contributed by atoms with E-state index in [2.05, 4.69) is 11.6 Å². The van der Waals surface area contributed by atoms with E-state index in [0.29, 0.717) is 30.3 Å². The topological polar surface area (TPSA) is 66.5 Å². The predicted molar refractivity (Wildman–Crippen MR) is 122 cm³/mol. The van der Waals surface area contributed by atoms with Crippen molar-refractivity contribution in [2.75, 3.05) is 30.3 Å². The molecule has 2 aromatic rings. The maximum absolute atomic E-state index is 13.1. The van der Waals surface area contributed by atoms with Crippen molar-refractivity contribution in [2.24, 2.45) is 5.92 Å². The van der Waals surface area contributed by atoms with Gasteiger partial charge in [0.25, 0.3) is 15.9 Å². The van der Waals surface area contributed by atoms with Gasteiger partial charge >= 0.3 is 0 Å². The molecular formula is C21H26N2O3S3. The third kappa shape index (κ3) is 5.29. The van der Waals surface area contributed by atoms with Crippen molar-refractivity contribution in [3.63, 3.8) is 0 Å². The van der Waals surface area contributed by atoms with E-state index in [-0.39, 0.29) is 10.8 Å². The summed E-state index contributed by atoms with van der Waals surface area (Å²) in [6.07, 6.45) is 5.79. The lowest BCUT2D eigenvalue weighted by molar-refractivity contribution is 0.0693. The van der Waals surface area contributed by atoms with E-state index in [1.807, 2.05) is 29.5 Å². The van der Waals surface area contributed by atoms with Crippen LogP contribution in [-0.4, -0.2) is 44.8 Å². The van der Waals surface area contributed by atoms with Crippen molar-refractivity contribution in [1.29, 1.82) is 0 Å². The molecule has 1 saturated heterocycles. The Bertz CT molecular complexity index is 984. The number of piperidine rings is 1. The first-order chi connectivity index (χ1) is 13.8. The van der Waals surface area contributed by atoms with Crippen LogP contribution in [0.3, 0.4) is 0 Å². The summed E-state index contributed by atoms with van der Waals surface area (Å²) in [5, 5.41) is 0. The molecule has 3 rings (SSSR count). The molecule has 0 aliphatic carbocycles. The standard InChI is InChI=1S/C21H26N2O3S3/c1-15-9-11-23(12-10-15)21(24)19-14-18(7-8-20(19)28-3)29(25,26)22-16-5-4-6-17(13-16)27-2/h4-8,13-15,22H,9-12H2,1-3H3. The highest BCUT2D eigenvalue weighted by Crippen LogP contribution is 2.28. The van der Waals surface area contributed by atoms with Gasteiger partial charge in [-0.15, -0.1) is 23.5 Å². The molecule has 29 heavy (non-hydrogen) atoms. The molecule has 0 aromatic heterocycles. The maximum atomic E-state index is 13.1. The number of hydrogen-bond acceptors (Lipinski definition) is 5. The number of carbonyl (C=O) groups is 1. The van der Waals surface area contributed by atoms with Crippen LogP contribution in [0.2, 0.25) is 0 Å². The Hall–Kier alpha value is -1.64. The van der Waals surface area contributed by atoms with E-state index in [4.69, 9.17) is 0 Å². The predicted octanol–water partition coefficient (Wildman–Crippen LogP) is 4.80. The summed E-state index contributed by atoms with van der Waals surface area (Å²) in [4.78, 5) is 16.8. The zero-order valence-electron chi connectivity index (χ0n) is 16.8. The zero-order valence-corrected chi connectivity index (χ0v) is 19.3. The highest BCUT2D eigenvalue weighted by atomic mass is 32.2. The number of sulfonamides is 1. The molecule has 1 amide bonds. The molecule has 0 atom stereocenters. The first-order valence-electron chi connectivity index (χ1n) is 9.48. The molecule has 1 aliphatic heterocycles. The molecule has 1 N–H and O–H groups in total. The van der Waals surface area contributed by atoms with Gasteiger partial charge in [0.05, 0.1) is 10.5 Å². The fourth-order valence-corrected chi connectivity index (χ4v) is 5.41. The molecule has 2 aromatic carbocycles. The number of likely N-dealkylation sites (tertiary alicyclic amines) is 1. The van der Waals surface area contributed by atoms with Gasteiger partial charge in [-0.2, -0.15) is 0 Å². The Balaban J connectivity index is 1.89. The Morgan fingerprint density at radius 1 is 1.07 bits per heavy atom. The second-order valence-electron chi connectivity index (χ2n) is 7.17. The van der Waals surface area contributed by atoms with Crippen molar-refractivity contribution >= 4 is 45.1 Å². The third-order valence-electron chi connectivity index (χ3n) is 5.10. The van der Waals surface area contributed by atoms with Crippen LogP contribution in [0.4, 0.5) is 5.69 Å². The summed E-state index contributed by atoms with van der Waals surface area (Å²) in [7, 11) is -3.80. The van der Waals surface area contributed by atoms with Crippen LogP contribution in [0.5, 0.6) is 0 Å². The number of nitrogens with one attached hydrogen (secondary N) is 1. The van der Waals surface area contributed by atoms with Crippen LogP contribution in [0.15, 0.2) is 57.2 Å². The Kier molecular flexibility index (Phi) is 7.19. The summed E-state index contributed by atoms with van der Waals surface area (Å²) in [5.74, 6) is 0.523. The second-order valence-corrected chi connectivity index (χ2v) is 10.6. The van der Waals surface area contributed by atoms with E-state index in [9.17, 15) is 13.2 Å². The summed E-state index contributed by atoms with van der Waals surface area (Å²) < 4.78 is 28.5. The van der Waals surface area contributed by atoms with Gasteiger partial charge in [0, 0.05) is 28.6 Å². The molecule has 0 spiro atoms. The van der Waals surface area contributed by atoms with Crippen LogP contribution < -0.4 is 4.72 Å². The maximum Gasteiger partial charge on any atom is 0.261 e. The largest absolute Gasteiger partial charge is 0.339 e. The SMILES string of the molecule is CSc1cccc(NS(=O)(=O)c2ccc(SC)c(C(=O)N3CCC(C)CC3)c2)c1. The minimum Gasteiger partial charge on any atom is -0.339 e. The Labute approximate surface area is 181 Å². The van der Waals surface area contributed by atoms with Crippen molar-refractivity contribution in [1.82, 2.24) is 4.90 Å². The average molecular weight is 451 g/mol. The highest BCUT2D eigenvalue weighted by Gasteiger charge is 2.25. The van der Waals surface area contributed by atoms with Gasteiger partial charge in [0.2, 0.25) is 0 Å². The summed E-state index contributed by atoms with van der Waals surface area (Å²) >= 11 is 3.00. The van der Waals surface area contributed by atoms with E-state index in [1.165, 1.54) is 17.8 Å². The van der Waals surface area contributed by atoms with Gasteiger partial charge in [0.15, 0.2) is 0 Å². The van der Waals surface area contributed by atoms with Gasteiger partial charge < -0.3 is 4.90 Å². The molecule has 0 radical (unpaired) electrons. The average Bonchev–Trinajstić information content (AvgIpc) is 2.73. The van der Waals surface area contributed by atoms with E-state index < -0.39 is 10.0 Å². The molecule has 1 heterocycles. The number of hydrogen-bond donors (Lipinski definition) is 1. The van der Waals surface area contributed by atoms with Crippen LogP contribution in [0.1, 0.15) is 30.1 Å². The minimum absolute atomic E-state index is 0.0947. The monoisotopic (exact) mass is 450 g/mol. The molecule has 0 bridgehead atoms. The quantitative estimate of drug-likeness (QED) is 0.640. The fourth-order valence-electron chi connectivity index (χ4n) is 3.30. The van der Waals surface area contributed by atoms with Crippen LogP contribution in [-0.2, 0) is 10.0 Å². The molecule has 0 saturated carbocycles. The third-order valence-corrected chi connectivity index (χ3v) is 8.00. The van der Waals surface area contributed by atoms with Crippen molar-refractivity contribution in [3.8, 4) is 0 Å². The lowest BCUT2D eigenvalue weighted by Crippen LogP contribution is -2.38.